The van der Waals surface area contributed by atoms with Crippen LogP contribution in [0.1, 0.15) is 64.5 Å². The fourth-order valence-corrected chi connectivity index (χ4v) is 4.88. The predicted molar refractivity (Wildman–Crippen MR) is 117 cm³/mol. The second-order valence-electron chi connectivity index (χ2n) is 9.66. The van der Waals surface area contributed by atoms with Crippen molar-refractivity contribution in [1.29, 1.82) is 0 Å². The van der Waals surface area contributed by atoms with Gasteiger partial charge in [0, 0.05) is 25.0 Å². The van der Waals surface area contributed by atoms with E-state index in [0.717, 1.165) is 18.7 Å². The Morgan fingerprint density at radius 3 is 2.23 bits per heavy atom. The Balaban J connectivity index is 0.00000124. The third-order valence-electron chi connectivity index (χ3n) is 6.69. The first-order valence-corrected chi connectivity index (χ1v) is 11.1. The lowest BCUT2D eigenvalue weighted by Crippen LogP contribution is -2.50. The van der Waals surface area contributed by atoms with Gasteiger partial charge in [0.25, 0.3) is 0 Å². The molecule has 2 saturated carbocycles. The van der Waals surface area contributed by atoms with Crippen molar-refractivity contribution in [1.82, 2.24) is 10.2 Å². The van der Waals surface area contributed by atoms with Crippen molar-refractivity contribution in [2.24, 2.45) is 17.8 Å². The van der Waals surface area contributed by atoms with Crippen molar-refractivity contribution in [2.45, 2.75) is 64.8 Å². The normalized spacial score (nSPS) is 29.1. The molecular weight excluding hydrogens is 380 g/mol. The molecule has 1 saturated heterocycles. The molecule has 166 valence electrons. The number of hydrogen-bond acceptors (Lipinski definition) is 4. The molecule has 3 fully saturated rings. The van der Waals surface area contributed by atoms with Gasteiger partial charge in [-0.25, -0.2) is 4.79 Å². The smallest absolute Gasteiger partial charge is 0.407 e. The lowest BCUT2D eigenvalue weighted by Gasteiger charge is -2.37. The fraction of sp³-hybridized carbons (Fsp3) is 0.667. The number of fused-ring (bicyclic) bond motifs is 1. The summed E-state index contributed by atoms with van der Waals surface area (Å²) in [5.41, 5.74) is 2.36. The van der Waals surface area contributed by atoms with Crippen LogP contribution in [-0.4, -0.2) is 48.2 Å². The van der Waals surface area contributed by atoms with Gasteiger partial charge < -0.3 is 20.1 Å². The molecule has 0 radical (unpaired) electrons. The molecule has 30 heavy (non-hydrogen) atoms. The van der Waals surface area contributed by atoms with Gasteiger partial charge in [-0.3, -0.25) is 4.79 Å². The Labute approximate surface area is 180 Å². The van der Waals surface area contributed by atoms with E-state index in [1.165, 1.54) is 12.7 Å². The second-order valence-corrected chi connectivity index (χ2v) is 9.66. The highest BCUT2D eigenvalue weighted by Gasteiger charge is 2.58. The molecule has 3 aliphatic rings. The molecule has 0 spiro atoms. The number of phenolic OH excluding ortho intramolecular Hbond substituents is 1. The predicted octanol–water partition coefficient (Wildman–Crippen LogP) is 4.02. The number of phenols is 1. The molecule has 2 atom stereocenters. The van der Waals surface area contributed by atoms with Crippen molar-refractivity contribution in [3.63, 3.8) is 0 Å². The quantitative estimate of drug-likeness (QED) is 0.780. The van der Waals surface area contributed by atoms with Crippen LogP contribution in [0.2, 0.25) is 0 Å². The second kappa shape index (κ2) is 8.48. The van der Waals surface area contributed by atoms with Gasteiger partial charge in [0.2, 0.25) is 5.91 Å². The van der Waals surface area contributed by atoms with E-state index in [1.54, 1.807) is 0 Å². The summed E-state index contributed by atoms with van der Waals surface area (Å²) < 4.78 is 4.60. The molecule has 2 aliphatic carbocycles. The van der Waals surface area contributed by atoms with Crippen molar-refractivity contribution in [3.8, 4) is 5.75 Å². The van der Waals surface area contributed by atoms with Crippen molar-refractivity contribution >= 4 is 12.0 Å². The van der Waals surface area contributed by atoms with Crippen LogP contribution in [0.4, 0.5) is 4.79 Å². The summed E-state index contributed by atoms with van der Waals surface area (Å²) >= 11 is 0. The summed E-state index contributed by atoms with van der Waals surface area (Å²) in [4.78, 5) is 25.9. The molecule has 1 aliphatic heterocycles. The van der Waals surface area contributed by atoms with Crippen molar-refractivity contribution < 1.29 is 19.4 Å². The van der Waals surface area contributed by atoms with Crippen LogP contribution in [0.25, 0.3) is 0 Å². The average Bonchev–Trinajstić information content (AvgIpc) is 3.17. The zero-order valence-electron chi connectivity index (χ0n) is 19.1. The minimum atomic E-state index is -0.429. The van der Waals surface area contributed by atoms with E-state index in [0.29, 0.717) is 36.3 Å². The van der Waals surface area contributed by atoms with E-state index in [2.05, 4.69) is 36.9 Å². The number of benzene rings is 1. The first-order valence-electron chi connectivity index (χ1n) is 11.1. The van der Waals surface area contributed by atoms with Crippen LogP contribution in [0.5, 0.6) is 5.75 Å². The summed E-state index contributed by atoms with van der Waals surface area (Å²) in [6, 6.07) is 6.02. The van der Waals surface area contributed by atoms with Crippen LogP contribution in [0.3, 0.4) is 0 Å². The maximum atomic E-state index is 12.7. The van der Waals surface area contributed by atoms with Gasteiger partial charge in [0.05, 0.1) is 7.11 Å². The number of piperidine rings is 1. The van der Waals surface area contributed by atoms with Crippen LogP contribution >= 0.6 is 0 Å². The fourth-order valence-electron chi connectivity index (χ4n) is 4.88. The lowest BCUT2D eigenvalue weighted by atomic mass is 9.79. The Bertz CT molecular complexity index is 783. The summed E-state index contributed by atoms with van der Waals surface area (Å²) in [7, 11) is 1.35. The largest absolute Gasteiger partial charge is 0.508 e. The number of nitrogens with one attached hydrogen (secondary N) is 1. The molecule has 1 aromatic carbocycles. The molecule has 6 nitrogen and oxygen atoms in total. The number of carbonyl (C=O) groups is 2. The maximum Gasteiger partial charge on any atom is 0.407 e. The summed E-state index contributed by atoms with van der Waals surface area (Å²) in [5, 5.41) is 12.9. The number of methoxy groups -OCH3 is 1. The van der Waals surface area contributed by atoms with Gasteiger partial charge in [-0.1, -0.05) is 40.7 Å². The molecule has 0 bridgehead atoms. The van der Waals surface area contributed by atoms with Crippen molar-refractivity contribution in [2.75, 3.05) is 20.2 Å². The zero-order chi connectivity index (χ0) is 22.2. The molecule has 0 aromatic heterocycles. The number of hydrogen-bond donors (Lipinski definition) is 2. The van der Waals surface area contributed by atoms with E-state index in [4.69, 9.17) is 0 Å². The van der Waals surface area contributed by atoms with E-state index in [-0.39, 0.29) is 23.3 Å². The Kier molecular flexibility index (Phi) is 6.34. The monoisotopic (exact) mass is 416 g/mol. The van der Waals surface area contributed by atoms with Gasteiger partial charge in [0.15, 0.2) is 0 Å². The van der Waals surface area contributed by atoms with Gasteiger partial charge in [-0.15, -0.1) is 0 Å². The van der Waals surface area contributed by atoms with Gasteiger partial charge in [0.1, 0.15) is 5.75 Å². The highest BCUT2D eigenvalue weighted by molar-refractivity contribution is 5.81. The number of nitrogens with zero attached hydrogens (tertiary/aromatic N) is 1. The highest BCUT2D eigenvalue weighted by atomic mass is 16.5. The third-order valence-corrected chi connectivity index (χ3v) is 6.69. The minimum absolute atomic E-state index is 0.00150. The molecule has 2 amide bonds. The van der Waals surface area contributed by atoms with E-state index in [9.17, 15) is 14.7 Å². The first kappa shape index (κ1) is 22.4. The third kappa shape index (κ3) is 4.42. The SMILES string of the molecule is CC.COC(=O)NC1CC(C(=O)N2CC3C(C2)C3c2cc(O)cc(C(C)(C)C)c2)C1. The summed E-state index contributed by atoms with van der Waals surface area (Å²) in [6.07, 6.45) is 0.969. The number of amides is 2. The summed E-state index contributed by atoms with van der Waals surface area (Å²) in [5.74, 6) is 2.03. The van der Waals surface area contributed by atoms with Crippen LogP contribution in [0.15, 0.2) is 18.2 Å². The molecule has 6 heteroatoms. The molecular formula is C24H36N2O4. The maximum absolute atomic E-state index is 12.7. The van der Waals surface area contributed by atoms with Crippen LogP contribution in [-0.2, 0) is 14.9 Å². The number of rotatable bonds is 3. The molecule has 4 rings (SSSR count). The number of alkyl carbamates (subject to hydrolysis) is 1. The average molecular weight is 417 g/mol. The van der Waals surface area contributed by atoms with Crippen molar-refractivity contribution in [3.05, 3.63) is 29.3 Å². The Morgan fingerprint density at radius 1 is 1.10 bits per heavy atom. The van der Waals surface area contributed by atoms with E-state index in [1.807, 2.05) is 30.9 Å². The molecule has 1 aromatic rings. The van der Waals surface area contributed by atoms with Crippen LogP contribution < -0.4 is 5.32 Å². The lowest BCUT2D eigenvalue weighted by molar-refractivity contribution is -0.138. The molecule has 1 heterocycles. The first-order chi connectivity index (χ1) is 14.2. The van der Waals surface area contributed by atoms with E-state index < -0.39 is 6.09 Å². The van der Waals surface area contributed by atoms with Gasteiger partial charge in [-0.05, 0) is 59.3 Å². The number of carbonyl (C=O) groups excluding carboxylic acids is 2. The minimum Gasteiger partial charge on any atom is -0.508 e. The van der Waals surface area contributed by atoms with Gasteiger partial charge in [-0.2, -0.15) is 0 Å². The Hall–Kier alpha value is -2.24. The molecule has 2 unspecified atom stereocenters. The topological polar surface area (TPSA) is 78.9 Å². The van der Waals surface area contributed by atoms with Crippen LogP contribution in [0, 0.1) is 17.8 Å². The number of ether oxygens (including phenoxy) is 1. The van der Waals surface area contributed by atoms with E-state index >= 15 is 0 Å². The zero-order valence-corrected chi connectivity index (χ0v) is 19.1. The number of likely N-dealkylation sites (tertiary alicyclic amines) is 1. The molecule has 2 N–H and O–H groups in total. The standard InChI is InChI=1S/C22H30N2O4.C2H6/c1-22(2,3)14-5-12(8-16(25)9-14)19-17-10-24(11-18(17)19)20(26)13-6-15(7-13)23-21(27)28-4;1-2/h5,8-9,13,15,17-19,25H,6-7,10-11H2,1-4H3,(H,23,27);1-2H3. The highest BCUT2D eigenvalue weighted by Crippen LogP contribution is 2.59. The summed E-state index contributed by atoms with van der Waals surface area (Å²) in [6.45, 7) is 12.1. The Morgan fingerprint density at radius 2 is 1.70 bits per heavy atom. The van der Waals surface area contributed by atoms with Gasteiger partial charge >= 0.3 is 6.09 Å². The number of aromatic hydroxyl groups is 1.